The maximum Gasteiger partial charge on any atom is 0.335 e. The van der Waals surface area contributed by atoms with Gasteiger partial charge in [-0.05, 0) is 37.2 Å². The van der Waals surface area contributed by atoms with Gasteiger partial charge in [-0.15, -0.1) is 0 Å². The molecule has 0 heterocycles. The zero-order valence-corrected chi connectivity index (χ0v) is 9.72. The fourth-order valence-corrected chi connectivity index (χ4v) is 0.960. The molecule has 0 atom stereocenters. The molecule has 1 rings (SSSR count). The van der Waals surface area contributed by atoms with Crippen molar-refractivity contribution in [2.24, 2.45) is 5.73 Å². The van der Waals surface area contributed by atoms with E-state index in [2.05, 4.69) is 6.92 Å². The summed E-state index contributed by atoms with van der Waals surface area (Å²) in [6.45, 7) is 2.98. The number of benzene rings is 1. The molecule has 5 heteroatoms. The lowest BCUT2D eigenvalue weighted by atomic mass is 10.1. The average molecular weight is 239 g/mol. The summed E-state index contributed by atoms with van der Waals surface area (Å²) in [5, 5.41) is 16.9. The molecule has 0 spiro atoms. The minimum atomic E-state index is -1.06. The van der Waals surface area contributed by atoms with E-state index < -0.39 is 11.9 Å². The third-order valence-electron chi connectivity index (χ3n) is 1.94. The summed E-state index contributed by atoms with van der Waals surface area (Å²) in [5.41, 5.74) is 5.31. The Morgan fingerprint density at radius 1 is 1.06 bits per heavy atom. The first-order valence-electron chi connectivity index (χ1n) is 5.29. The maximum atomic E-state index is 10.3. The smallest absolute Gasteiger partial charge is 0.335 e. The van der Waals surface area contributed by atoms with E-state index in [0.29, 0.717) is 0 Å². The molecule has 0 aromatic heterocycles. The van der Waals surface area contributed by atoms with Crippen molar-refractivity contribution in [1.82, 2.24) is 0 Å². The van der Waals surface area contributed by atoms with Gasteiger partial charge in [-0.2, -0.15) is 0 Å². The van der Waals surface area contributed by atoms with Crippen molar-refractivity contribution in [3.8, 4) is 0 Å². The number of hydrogen-bond donors (Lipinski definition) is 3. The van der Waals surface area contributed by atoms with Gasteiger partial charge in [-0.25, -0.2) is 9.59 Å². The molecule has 0 bridgehead atoms. The lowest BCUT2D eigenvalue weighted by Gasteiger charge is -1.94. The quantitative estimate of drug-likeness (QED) is 0.744. The first-order chi connectivity index (χ1) is 8.02. The Bertz CT molecular complexity index is 324. The topological polar surface area (TPSA) is 101 Å². The second kappa shape index (κ2) is 8.29. The van der Waals surface area contributed by atoms with Crippen LogP contribution in [0.25, 0.3) is 0 Å². The third kappa shape index (κ3) is 6.32. The highest BCUT2D eigenvalue weighted by Gasteiger charge is 2.04. The Balaban J connectivity index is 0.000000437. The summed E-state index contributed by atoms with van der Waals surface area (Å²) < 4.78 is 0. The van der Waals surface area contributed by atoms with E-state index in [9.17, 15) is 9.59 Å². The Morgan fingerprint density at radius 2 is 1.41 bits per heavy atom. The Labute approximate surface area is 99.9 Å². The largest absolute Gasteiger partial charge is 0.478 e. The molecule has 4 N–H and O–H groups in total. The highest BCUT2D eigenvalue weighted by atomic mass is 16.4. The highest BCUT2D eigenvalue weighted by Crippen LogP contribution is 2.03. The second-order valence-corrected chi connectivity index (χ2v) is 3.33. The van der Waals surface area contributed by atoms with Crippen LogP contribution in [0, 0.1) is 0 Å². The van der Waals surface area contributed by atoms with E-state index in [1.54, 1.807) is 0 Å². The standard InChI is InChI=1S/C8H6O4.C4H11N/c9-7(10)5-1-2-6(4-3-5)8(11)12;1-2-3-4-5/h1-4H,(H,9,10)(H,11,12);2-5H2,1H3. The number of nitrogens with two attached hydrogens (primary N) is 1. The van der Waals surface area contributed by atoms with E-state index >= 15 is 0 Å². The van der Waals surface area contributed by atoms with Gasteiger partial charge >= 0.3 is 11.9 Å². The van der Waals surface area contributed by atoms with Crippen LogP contribution in [0.1, 0.15) is 40.5 Å². The molecule has 0 fully saturated rings. The van der Waals surface area contributed by atoms with Gasteiger partial charge in [0.15, 0.2) is 0 Å². The van der Waals surface area contributed by atoms with Gasteiger partial charge in [0.1, 0.15) is 0 Å². The normalized spacial score (nSPS) is 9.06. The van der Waals surface area contributed by atoms with Crippen LogP contribution in [0.4, 0.5) is 0 Å². The van der Waals surface area contributed by atoms with Crippen molar-refractivity contribution in [1.29, 1.82) is 0 Å². The fourth-order valence-electron chi connectivity index (χ4n) is 0.960. The maximum absolute atomic E-state index is 10.3. The molecule has 0 aliphatic carbocycles. The van der Waals surface area contributed by atoms with E-state index in [-0.39, 0.29) is 11.1 Å². The van der Waals surface area contributed by atoms with Crippen LogP contribution < -0.4 is 5.73 Å². The van der Waals surface area contributed by atoms with Gasteiger partial charge < -0.3 is 15.9 Å². The summed E-state index contributed by atoms with van der Waals surface area (Å²) in [5.74, 6) is -2.13. The van der Waals surface area contributed by atoms with Gasteiger partial charge in [0.25, 0.3) is 0 Å². The van der Waals surface area contributed by atoms with Crippen LogP contribution in [-0.4, -0.2) is 28.7 Å². The molecule has 17 heavy (non-hydrogen) atoms. The molecule has 0 aliphatic rings. The molecular formula is C12H17NO4. The molecular weight excluding hydrogens is 222 g/mol. The van der Waals surface area contributed by atoms with Gasteiger partial charge in [-0.3, -0.25) is 0 Å². The predicted molar refractivity (Wildman–Crippen MR) is 64.3 cm³/mol. The lowest BCUT2D eigenvalue weighted by molar-refractivity contribution is 0.0681. The van der Waals surface area contributed by atoms with Crippen LogP contribution in [0.5, 0.6) is 0 Å². The molecule has 1 aromatic rings. The number of aromatic carboxylic acids is 2. The Hall–Kier alpha value is -1.88. The second-order valence-electron chi connectivity index (χ2n) is 3.33. The fraction of sp³-hybridized carbons (Fsp3) is 0.333. The van der Waals surface area contributed by atoms with Crippen molar-refractivity contribution in [3.05, 3.63) is 35.4 Å². The van der Waals surface area contributed by atoms with Crippen molar-refractivity contribution < 1.29 is 19.8 Å². The number of carboxylic acid groups (broad SMARTS) is 2. The predicted octanol–water partition coefficient (Wildman–Crippen LogP) is 1.83. The summed E-state index contributed by atoms with van der Waals surface area (Å²) in [6.07, 6.45) is 2.39. The lowest BCUT2D eigenvalue weighted by Crippen LogP contribution is -1.99. The van der Waals surface area contributed by atoms with E-state index in [1.807, 2.05) is 0 Å². The molecule has 0 amide bonds. The van der Waals surface area contributed by atoms with E-state index in [4.69, 9.17) is 15.9 Å². The van der Waals surface area contributed by atoms with Crippen molar-refractivity contribution in [3.63, 3.8) is 0 Å². The average Bonchev–Trinajstić information content (AvgIpc) is 2.31. The summed E-state index contributed by atoms with van der Waals surface area (Å²) in [7, 11) is 0. The van der Waals surface area contributed by atoms with Crippen LogP contribution in [-0.2, 0) is 0 Å². The first kappa shape index (κ1) is 15.1. The van der Waals surface area contributed by atoms with Gasteiger partial charge in [-0.1, -0.05) is 13.3 Å². The van der Waals surface area contributed by atoms with Crippen LogP contribution in [0.3, 0.4) is 0 Å². The minimum Gasteiger partial charge on any atom is -0.478 e. The van der Waals surface area contributed by atoms with Crippen molar-refractivity contribution in [2.45, 2.75) is 19.8 Å². The van der Waals surface area contributed by atoms with E-state index in [0.717, 1.165) is 6.54 Å². The number of rotatable bonds is 4. The van der Waals surface area contributed by atoms with Crippen LogP contribution in [0.2, 0.25) is 0 Å². The number of hydrogen-bond acceptors (Lipinski definition) is 3. The zero-order valence-electron chi connectivity index (χ0n) is 9.72. The minimum absolute atomic E-state index is 0.0833. The van der Waals surface area contributed by atoms with Gasteiger partial charge in [0.2, 0.25) is 0 Å². The van der Waals surface area contributed by atoms with Crippen molar-refractivity contribution in [2.75, 3.05) is 6.54 Å². The van der Waals surface area contributed by atoms with E-state index in [1.165, 1.54) is 37.1 Å². The van der Waals surface area contributed by atoms with Gasteiger partial charge in [0, 0.05) is 0 Å². The van der Waals surface area contributed by atoms with Gasteiger partial charge in [0.05, 0.1) is 11.1 Å². The highest BCUT2D eigenvalue weighted by molar-refractivity contribution is 5.91. The SMILES string of the molecule is CCCCN.O=C(O)c1ccc(C(=O)O)cc1. The molecule has 0 unspecified atom stereocenters. The number of unbranched alkanes of at least 4 members (excludes halogenated alkanes) is 1. The third-order valence-corrected chi connectivity index (χ3v) is 1.94. The number of carbonyl (C=O) groups is 2. The first-order valence-corrected chi connectivity index (χ1v) is 5.29. The molecule has 5 nitrogen and oxygen atoms in total. The van der Waals surface area contributed by atoms with Crippen LogP contribution >= 0.6 is 0 Å². The summed E-state index contributed by atoms with van der Waals surface area (Å²) in [6, 6.07) is 5.02. The molecule has 0 aliphatic heterocycles. The molecule has 0 radical (unpaired) electrons. The Morgan fingerprint density at radius 3 is 1.53 bits per heavy atom. The van der Waals surface area contributed by atoms with Crippen LogP contribution in [0.15, 0.2) is 24.3 Å². The zero-order chi connectivity index (χ0) is 13.3. The Kier molecular flexibility index (Phi) is 7.38. The van der Waals surface area contributed by atoms with Crippen molar-refractivity contribution >= 4 is 11.9 Å². The monoisotopic (exact) mass is 239 g/mol. The molecule has 94 valence electrons. The summed E-state index contributed by atoms with van der Waals surface area (Å²) in [4.78, 5) is 20.7. The molecule has 0 saturated carbocycles. The molecule has 1 aromatic carbocycles. The number of carboxylic acids is 2. The summed E-state index contributed by atoms with van der Waals surface area (Å²) >= 11 is 0. The molecule has 0 saturated heterocycles.